The van der Waals surface area contributed by atoms with Crippen LogP contribution in [0.2, 0.25) is 5.02 Å². The number of hydrogen-bond donors (Lipinski definition) is 1. The van der Waals surface area contributed by atoms with E-state index in [0.717, 1.165) is 27.3 Å². The smallest absolute Gasteiger partial charge is 0.244 e. The van der Waals surface area contributed by atoms with Gasteiger partial charge in [-0.05, 0) is 36.2 Å². The van der Waals surface area contributed by atoms with Gasteiger partial charge in [0.25, 0.3) is 0 Å². The highest BCUT2D eigenvalue weighted by molar-refractivity contribution is 7.92. The molecular formula is C27H30ClN3O4S. The zero-order valence-electron chi connectivity index (χ0n) is 20.5. The Kier molecular flexibility index (Phi) is 9.12. The second-order valence-electron chi connectivity index (χ2n) is 8.58. The van der Waals surface area contributed by atoms with Crippen molar-refractivity contribution in [2.45, 2.75) is 25.9 Å². The molecular weight excluding hydrogens is 498 g/mol. The summed E-state index contributed by atoms with van der Waals surface area (Å²) in [6.07, 6.45) is 1.31. The fraction of sp³-hybridized carbons (Fsp3) is 0.259. The van der Waals surface area contributed by atoms with E-state index in [0.29, 0.717) is 5.02 Å². The monoisotopic (exact) mass is 527 g/mol. The molecule has 0 radical (unpaired) electrons. The van der Waals surface area contributed by atoms with Crippen LogP contribution < -0.4 is 9.62 Å². The van der Waals surface area contributed by atoms with Crippen molar-refractivity contribution in [1.82, 2.24) is 10.2 Å². The van der Waals surface area contributed by atoms with Gasteiger partial charge in [-0.1, -0.05) is 77.8 Å². The van der Waals surface area contributed by atoms with Gasteiger partial charge in [0.2, 0.25) is 21.8 Å². The first-order valence-electron chi connectivity index (χ1n) is 11.4. The van der Waals surface area contributed by atoms with Crippen LogP contribution in [0, 0.1) is 6.92 Å². The molecule has 0 fully saturated rings. The molecule has 3 rings (SSSR count). The standard InChI is InChI=1S/C27H30ClN3O4S/c1-20-12-14-22(15-13-20)18-30(25(27(33)29-2)16-21-8-5-4-6-9-21)26(32)19-31(36(3,34)35)24-11-7-10-23(28)17-24/h4-15,17,25H,16,18-19H2,1-3H3,(H,29,33)/t25-/m1/s1. The predicted octanol–water partition coefficient (Wildman–Crippen LogP) is 3.80. The Hall–Kier alpha value is -3.36. The number of halogens is 1. The van der Waals surface area contributed by atoms with Crippen LogP contribution in [0.25, 0.3) is 0 Å². The molecule has 0 saturated heterocycles. The van der Waals surface area contributed by atoms with E-state index < -0.39 is 28.5 Å². The number of anilines is 1. The third kappa shape index (κ3) is 7.32. The Bertz CT molecular complexity index is 1300. The number of nitrogens with zero attached hydrogens (tertiary/aromatic N) is 2. The quantitative estimate of drug-likeness (QED) is 0.434. The van der Waals surface area contributed by atoms with Gasteiger partial charge in [0.1, 0.15) is 12.6 Å². The van der Waals surface area contributed by atoms with Gasteiger partial charge in [-0.2, -0.15) is 0 Å². The van der Waals surface area contributed by atoms with E-state index in [9.17, 15) is 18.0 Å². The highest BCUT2D eigenvalue weighted by atomic mass is 35.5. The normalized spacial score (nSPS) is 12.0. The first kappa shape index (κ1) is 27.2. The third-order valence-corrected chi connectivity index (χ3v) is 7.14. The van der Waals surface area contributed by atoms with Crippen molar-refractivity contribution >= 4 is 39.1 Å². The summed E-state index contributed by atoms with van der Waals surface area (Å²) >= 11 is 6.09. The summed E-state index contributed by atoms with van der Waals surface area (Å²) in [6.45, 7) is 1.62. The number of carbonyl (C=O) groups is 2. The number of nitrogens with one attached hydrogen (secondary N) is 1. The molecule has 0 heterocycles. The number of hydrogen-bond acceptors (Lipinski definition) is 4. The van der Waals surface area contributed by atoms with Crippen LogP contribution in [0.3, 0.4) is 0 Å². The van der Waals surface area contributed by atoms with Crippen molar-refractivity contribution < 1.29 is 18.0 Å². The Morgan fingerprint density at radius 1 is 0.944 bits per heavy atom. The SMILES string of the molecule is CNC(=O)[C@@H](Cc1ccccc1)N(Cc1ccc(C)cc1)C(=O)CN(c1cccc(Cl)c1)S(C)(=O)=O. The highest BCUT2D eigenvalue weighted by Crippen LogP contribution is 2.23. The van der Waals surface area contributed by atoms with Gasteiger partial charge in [-0.15, -0.1) is 0 Å². The van der Waals surface area contributed by atoms with Crippen LogP contribution in [0.15, 0.2) is 78.9 Å². The van der Waals surface area contributed by atoms with Crippen molar-refractivity contribution in [3.63, 3.8) is 0 Å². The first-order chi connectivity index (χ1) is 17.1. The lowest BCUT2D eigenvalue weighted by Crippen LogP contribution is -2.52. The maximum Gasteiger partial charge on any atom is 0.244 e. The Labute approximate surface area is 217 Å². The molecule has 1 N–H and O–H groups in total. The van der Waals surface area contributed by atoms with Crippen LogP contribution in [0.5, 0.6) is 0 Å². The molecule has 0 bridgehead atoms. The summed E-state index contributed by atoms with van der Waals surface area (Å²) in [4.78, 5) is 28.3. The van der Waals surface area contributed by atoms with Gasteiger partial charge in [0.15, 0.2) is 0 Å². The van der Waals surface area contributed by atoms with Gasteiger partial charge in [0.05, 0.1) is 11.9 Å². The fourth-order valence-corrected chi connectivity index (χ4v) is 4.88. The number of likely N-dealkylation sites (N-methyl/N-ethyl adjacent to an activating group) is 1. The van der Waals surface area contributed by atoms with Gasteiger partial charge in [-0.25, -0.2) is 8.42 Å². The minimum Gasteiger partial charge on any atom is -0.357 e. The number of benzene rings is 3. The molecule has 0 aromatic heterocycles. The zero-order chi connectivity index (χ0) is 26.3. The average molecular weight is 528 g/mol. The minimum absolute atomic E-state index is 0.136. The molecule has 3 aromatic rings. The van der Waals surface area contributed by atoms with Crippen molar-refractivity contribution in [1.29, 1.82) is 0 Å². The van der Waals surface area contributed by atoms with Gasteiger partial charge in [-0.3, -0.25) is 13.9 Å². The Balaban J connectivity index is 2.01. The molecule has 190 valence electrons. The van der Waals surface area contributed by atoms with E-state index in [1.54, 1.807) is 18.2 Å². The Morgan fingerprint density at radius 2 is 1.61 bits per heavy atom. The van der Waals surface area contributed by atoms with E-state index >= 15 is 0 Å². The molecule has 3 aromatic carbocycles. The maximum atomic E-state index is 13.8. The lowest BCUT2D eigenvalue weighted by Gasteiger charge is -2.33. The molecule has 9 heteroatoms. The average Bonchev–Trinajstić information content (AvgIpc) is 2.85. The van der Waals surface area contributed by atoms with Gasteiger partial charge in [0, 0.05) is 25.0 Å². The molecule has 0 saturated carbocycles. The summed E-state index contributed by atoms with van der Waals surface area (Å²) < 4.78 is 26.4. The molecule has 0 spiro atoms. The minimum atomic E-state index is -3.83. The van der Waals surface area contributed by atoms with Gasteiger partial charge >= 0.3 is 0 Å². The second kappa shape index (κ2) is 12.1. The predicted molar refractivity (Wildman–Crippen MR) is 143 cm³/mol. The summed E-state index contributed by atoms with van der Waals surface area (Å²) in [6, 6.07) is 22.5. The van der Waals surface area contributed by atoms with Crippen molar-refractivity contribution in [2.24, 2.45) is 0 Å². The van der Waals surface area contributed by atoms with E-state index in [1.165, 1.54) is 18.0 Å². The summed E-state index contributed by atoms with van der Waals surface area (Å²) in [5, 5.41) is 3.00. The lowest BCUT2D eigenvalue weighted by atomic mass is 10.0. The van der Waals surface area contributed by atoms with Crippen molar-refractivity contribution in [2.75, 3.05) is 24.2 Å². The molecule has 0 unspecified atom stereocenters. The Morgan fingerprint density at radius 3 is 2.19 bits per heavy atom. The van der Waals surface area contributed by atoms with Crippen molar-refractivity contribution in [3.05, 3.63) is 101 Å². The van der Waals surface area contributed by atoms with Gasteiger partial charge < -0.3 is 10.2 Å². The first-order valence-corrected chi connectivity index (χ1v) is 13.6. The molecule has 1 atom stereocenters. The zero-order valence-corrected chi connectivity index (χ0v) is 22.1. The number of sulfonamides is 1. The molecule has 0 aliphatic rings. The number of amides is 2. The van der Waals surface area contributed by atoms with Crippen LogP contribution in [0.4, 0.5) is 5.69 Å². The molecule has 36 heavy (non-hydrogen) atoms. The van der Waals surface area contributed by atoms with E-state index in [-0.39, 0.29) is 24.6 Å². The summed E-state index contributed by atoms with van der Waals surface area (Å²) in [7, 11) is -2.31. The second-order valence-corrected chi connectivity index (χ2v) is 10.9. The summed E-state index contributed by atoms with van der Waals surface area (Å²) in [5.41, 5.74) is 3.04. The lowest BCUT2D eigenvalue weighted by molar-refractivity contribution is -0.139. The van der Waals surface area contributed by atoms with E-state index in [4.69, 9.17) is 11.6 Å². The van der Waals surface area contributed by atoms with E-state index in [1.807, 2.05) is 61.5 Å². The van der Waals surface area contributed by atoms with Crippen molar-refractivity contribution in [3.8, 4) is 0 Å². The molecule has 7 nitrogen and oxygen atoms in total. The van der Waals surface area contributed by atoms with Crippen LogP contribution in [0.1, 0.15) is 16.7 Å². The third-order valence-electron chi connectivity index (χ3n) is 5.77. The molecule has 0 aliphatic carbocycles. The van der Waals surface area contributed by atoms with Crippen LogP contribution >= 0.6 is 11.6 Å². The topological polar surface area (TPSA) is 86.8 Å². The number of carbonyl (C=O) groups excluding carboxylic acids is 2. The van der Waals surface area contributed by atoms with Crippen LogP contribution in [-0.2, 0) is 32.6 Å². The van der Waals surface area contributed by atoms with Crippen LogP contribution in [-0.4, -0.2) is 51.0 Å². The number of aryl methyl sites for hydroxylation is 1. The highest BCUT2D eigenvalue weighted by Gasteiger charge is 2.32. The maximum absolute atomic E-state index is 13.8. The fourth-order valence-electron chi connectivity index (χ4n) is 3.86. The largest absolute Gasteiger partial charge is 0.357 e. The van der Waals surface area contributed by atoms with E-state index in [2.05, 4.69) is 5.32 Å². The molecule has 2 amide bonds. The molecule has 0 aliphatic heterocycles. The number of rotatable bonds is 10. The summed E-state index contributed by atoms with van der Waals surface area (Å²) in [5.74, 6) is -0.849.